The van der Waals surface area contributed by atoms with Gasteiger partial charge in [-0.15, -0.1) is 11.3 Å². The normalized spacial score (nSPS) is 21.3. The maximum absolute atomic E-state index is 12.0. The van der Waals surface area contributed by atoms with Crippen LogP contribution in [0.3, 0.4) is 0 Å². The number of carboxylic acid groups (broad SMARTS) is 1. The molecular weight excluding hydrogens is 362 g/mol. The topological polar surface area (TPSA) is 96.5 Å². The van der Waals surface area contributed by atoms with E-state index in [1.165, 1.54) is 11.3 Å². The van der Waals surface area contributed by atoms with E-state index in [0.29, 0.717) is 22.9 Å². The number of thiazole rings is 1. The van der Waals surface area contributed by atoms with E-state index in [4.69, 9.17) is 15.6 Å². The number of anilines is 1. The lowest BCUT2D eigenvalue weighted by Crippen LogP contribution is -2.35. The maximum Gasteiger partial charge on any atom is 0.290 e. The summed E-state index contributed by atoms with van der Waals surface area (Å²) in [6, 6.07) is 0. The second-order valence-electron chi connectivity index (χ2n) is 8.49. The predicted molar refractivity (Wildman–Crippen MR) is 113 cm³/mol. The van der Waals surface area contributed by atoms with Crippen LogP contribution in [0.1, 0.15) is 59.8 Å². The summed E-state index contributed by atoms with van der Waals surface area (Å²) >= 11 is 1.51. The van der Waals surface area contributed by atoms with Crippen molar-refractivity contribution >= 4 is 28.8 Å². The largest absolute Gasteiger partial charge is 0.483 e. The van der Waals surface area contributed by atoms with Crippen LogP contribution in [0.25, 0.3) is 0 Å². The predicted octanol–water partition coefficient (Wildman–Crippen LogP) is 4.30. The first kappa shape index (κ1) is 25.4. The standard InChI is InChI=1S/C13H23NO.C4H6N2S.C2H6.CH2O2/c1-12(2,3)6-11(15)14-7-9-10(8-14)13(9,4)5;1-3-2-6-4(5)7-3;1-2;2-1-3/h9-10H,6-8H2,1-5H3;2H,1H3,(H2,5,6);1-2H3;1H,(H,2,3). The van der Waals surface area contributed by atoms with Crippen LogP contribution in [0.2, 0.25) is 0 Å². The Kier molecular flexibility index (Phi) is 10.00. The van der Waals surface area contributed by atoms with Crippen LogP contribution >= 0.6 is 11.3 Å². The number of aryl methyl sites for hydroxylation is 1. The number of rotatable bonds is 1. The van der Waals surface area contributed by atoms with Crippen LogP contribution in [-0.2, 0) is 9.59 Å². The molecule has 0 radical (unpaired) electrons. The first-order chi connectivity index (χ1) is 12.4. The molecule has 27 heavy (non-hydrogen) atoms. The summed E-state index contributed by atoms with van der Waals surface area (Å²) in [7, 11) is 0. The van der Waals surface area contributed by atoms with Crippen LogP contribution in [0.4, 0.5) is 5.13 Å². The van der Waals surface area contributed by atoms with Gasteiger partial charge in [-0.3, -0.25) is 9.59 Å². The fraction of sp³-hybridized carbons (Fsp3) is 0.750. The van der Waals surface area contributed by atoms with Gasteiger partial charge in [0, 0.05) is 30.6 Å². The van der Waals surface area contributed by atoms with E-state index in [9.17, 15) is 4.79 Å². The molecule has 1 saturated heterocycles. The minimum absolute atomic E-state index is 0.124. The second kappa shape index (κ2) is 10.6. The number of hydrogen-bond donors (Lipinski definition) is 2. The van der Waals surface area contributed by atoms with Crippen molar-refractivity contribution in [3.63, 3.8) is 0 Å². The highest BCUT2D eigenvalue weighted by Gasteiger charge is 2.62. The van der Waals surface area contributed by atoms with Gasteiger partial charge in [0.2, 0.25) is 5.91 Å². The van der Waals surface area contributed by atoms with Crippen molar-refractivity contribution in [2.45, 2.75) is 61.8 Å². The summed E-state index contributed by atoms with van der Waals surface area (Å²) in [6.45, 7) is 18.8. The third-order valence-electron chi connectivity index (χ3n) is 4.80. The molecule has 0 spiro atoms. The molecule has 1 aromatic heterocycles. The number of carbonyl (C=O) groups excluding carboxylic acids is 1. The van der Waals surface area contributed by atoms with Crippen LogP contribution < -0.4 is 5.73 Å². The summed E-state index contributed by atoms with van der Waals surface area (Å²) in [5, 5.41) is 7.54. The molecule has 3 N–H and O–H groups in total. The molecule has 1 aliphatic carbocycles. The highest BCUT2D eigenvalue weighted by atomic mass is 32.1. The average Bonchev–Trinajstić information content (AvgIpc) is 2.97. The molecular formula is C20H37N3O3S. The van der Waals surface area contributed by atoms with Crippen LogP contribution in [-0.4, -0.2) is 40.5 Å². The molecule has 2 heterocycles. The number of amides is 1. The van der Waals surface area contributed by atoms with E-state index in [0.717, 1.165) is 29.8 Å². The lowest BCUT2D eigenvalue weighted by molar-refractivity contribution is -0.132. The number of carbonyl (C=O) groups is 2. The Morgan fingerprint density at radius 3 is 2.07 bits per heavy atom. The van der Waals surface area contributed by atoms with Gasteiger partial charge in [-0.1, -0.05) is 48.5 Å². The summed E-state index contributed by atoms with van der Waals surface area (Å²) in [5.74, 6) is 1.91. The highest BCUT2D eigenvalue weighted by molar-refractivity contribution is 7.15. The summed E-state index contributed by atoms with van der Waals surface area (Å²) in [4.78, 5) is 27.4. The smallest absolute Gasteiger partial charge is 0.290 e. The molecule has 1 aliphatic heterocycles. The van der Waals surface area contributed by atoms with E-state index in [1.807, 2.05) is 20.8 Å². The Balaban J connectivity index is 0.000000470. The first-order valence-corrected chi connectivity index (χ1v) is 10.3. The van der Waals surface area contributed by atoms with Gasteiger partial charge in [0.1, 0.15) is 0 Å². The lowest BCUT2D eigenvalue weighted by Gasteiger charge is -2.26. The SMILES string of the molecule is CC.CC(C)(C)CC(=O)N1CC2C(C1)C2(C)C.Cc1cnc(N)s1.O=CO. The van der Waals surface area contributed by atoms with Gasteiger partial charge in [-0.05, 0) is 29.6 Å². The van der Waals surface area contributed by atoms with E-state index in [1.54, 1.807) is 6.20 Å². The van der Waals surface area contributed by atoms with Gasteiger partial charge in [-0.2, -0.15) is 0 Å². The number of aromatic nitrogens is 1. The van der Waals surface area contributed by atoms with Crippen molar-refractivity contribution in [3.05, 3.63) is 11.1 Å². The molecule has 2 aliphatic rings. The second-order valence-corrected chi connectivity index (χ2v) is 9.75. The molecule has 6 nitrogen and oxygen atoms in total. The number of likely N-dealkylation sites (tertiary alicyclic amines) is 1. The molecule has 0 aromatic carbocycles. The monoisotopic (exact) mass is 399 g/mol. The van der Waals surface area contributed by atoms with Gasteiger partial charge in [0.15, 0.2) is 5.13 Å². The number of nitrogen functional groups attached to an aromatic ring is 1. The number of piperidine rings is 1. The summed E-state index contributed by atoms with van der Waals surface area (Å²) in [5.41, 5.74) is 5.92. The zero-order valence-corrected chi connectivity index (χ0v) is 18.9. The molecule has 2 unspecified atom stereocenters. The Bertz CT molecular complexity index is 563. The van der Waals surface area contributed by atoms with Crippen LogP contribution in [0.15, 0.2) is 6.20 Å². The maximum atomic E-state index is 12.0. The van der Waals surface area contributed by atoms with Gasteiger partial charge >= 0.3 is 0 Å². The fourth-order valence-corrected chi connectivity index (χ4v) is 3.81. The van der Waals surface area contributed by atoms with E-state index in [2.05, 4.69) is 44.5 Å². The van der Waals surface area contributed by atoms with Crippen LogP contribution in [0.5, 0.6) is 0 Å². The highest BCUT2D eigenvalue weighted by Crippen LogP contribution is 2.62. The van der Waals surface area contributed by atoms with Crippen molar-refractivity contribution in [2.75, 3.05) is 18.8 Å². The zero-order chi connectivity index (χ0) is 21.4. The minimum Gasteiger partial charge on any atom is -0.483 e. The molecule has 1 saturated carbocycles. The molecule has 2 atom stereocenters. The third kappa shape index (κ3) is 8.28. The Labute approximate surface area is 168 Å². The van der Waals surface area contributed by atoms with E-state index in [-0.39, 0.29) is 11.9 Å². The van der Waals surface area contributed by atoms with Crippen molar-refractivity contribution in [1.29, 1.82) is 0 Å². The summed E-state index contributed by atoms with van der Waals surface area (Å²) < 4.78 is 0. The van der Waals surface area contributed by atoms with Crippen LogP contribution in [0, 0.1) is 29.6 Å². The third-order valence-corrected chi connectivity index (χ3v) is 5.54. The number of nitrogens with two attached hydrogens (primary N) is 1. The first-order valence-electron chi connectivity index (χ1n) is 9.46. The Morgan fingerprint density at radius 2 is 1.81 bits per heavy atom. The summed E-state index contributed by atoms with van der Waals surface area (Å²) in [6.07, 6.45) is 2.45. The molecule has 0 bridgehead atoms. The molecule has 1 amide bonds. The molecule has 156 valence electrons. The minimum atomic E-state index is -0.250. The lowest BCUT2D eigenvalue weighted by atomic mass is 9.91. The van der Waals surface area contributed by atoms with Gasteiger partial charge < -0.3 is 15.7 Å². The van der Waals surface area contributed by atoms with Crippen molar-refractivity contribution in [3.8, 4) is 0 Å². The number of fused-ring (bicyclic) bond motifs is 1. The van der Waals surface area contributed by atoms with Crippen molar-refractivity contribution < 1.29 is 14.7 Å². The number of nitrogens with zero attached hydrogens (tertiary/aromatic N) is 2. The fourth-order valence-electron chi connectivity index (χ4n) is 3.27. The van der Waals surface area contributed by atoms with Gasteiger partial charge in [0.05, 0.1) is 0 Å². The number of hydrogen-bond acceptors (Lipinski definition) is 5. The van der Waals surface area contributed by atoms with E-state index < -0.39 is 0 Å². The van der Waals surface area contributed by atoms with Crippen molar-refractivity contribution in [1.82, 2.24) is 9.88 Å². The Morgan fingerprint density at radius 1 is 1.37 bits per heavy atom. The molecule has 3 rings (SSSR count). The zero-order valence-electron chi connectivity index (χ0n) is 18.1. The Hall–Kier alpha value is -1.63. The molecule has 1 aromatic rings. The van der Waals surface area contributed by atoms with Gasteiger partial charge in [0.25, 0.3) is 6.47 Å². The van der Waals surface area contributed by atoms with Gasteiger partial charge in [-0.25, -0.2) is 4.98 Å². The van der Waals surface area contributed by atoms with E-state index >= 15 is 0 Å². The molecule has 2 fully saturated rings. The average molecular weight is 400 g/mol. The quantitative estimate of drug-likeness (QED) is 0.686. The molecule has 7 heteroatoms. The van der Waals surface area contributed by atoms with Crippen molar-refractivity contribution in [2.24, 2.45) is 22.7 Å².